The molecule has 1 aromatic heterocycles. The number of hydrogen-bond donors (Lipinski definition) is 3. The highest BCUT2D eigenvalue weighted by Crippen LogP contribution is 2.26. The molecule has 0 aliphatic carbocycles. The summed E-state index contributed by atoms with van der Waals surface area (Å²) in [5, 5.41) is 12.6. The zero-order chi connectivity index (χ0) is 19.4. The molecule has 1 heterocycles. The second-order valence-electron chi connectivity index (χ2n) is 6.81. The molecular formula is C20H24N4O3. The predicted molar refractivity (Wildman–Crippen MR) is 103 cm³/mol. The number of hydrogen-bond acceptors (Lipinski definition) is 5. The van der Waals surface area contributed by atoms with Crippen molar-refractivity contribution in [1.82, 2.24) is 14.9 Å². The highest BCUT2D eigenvalue weighted by atomic mass is 16.5. The van der Waals surface area contributed by atoms with E-state index in [1.807, 2.05) is 53.1 Å². The number of aromatic nitrogens is 2. The van der Waals surface area contributed by atoms with E-state index in [1.54, 1.807) is 13.8 Å². The quantitative estimate of drug-likeness (QED) is 0.565. The van der Waals surface area contributed by atoms with Crippen LogP contribution in [0.5, 0.6) is 11.5 Å². The van der Waals surface area contributed by atoms with Crippen LogP contribution in [0.2, 0.25) is 0 Å². The number of primary amides is 1. The third-order valence-corrected chi connectivity index (χ3v) is 4.41. The predicted octanol–water partition coefficient (Wildman–Crippen LogP) is 2.17. The van der Waals surface area contributed by atoms with Crippen LogP contribution >= 0.6 is 0 Å². The maximum Gasteiger partial charge on any atom is 0.237 e. The van der Waals surface area contributed by atoms with Gasteiger partial charge < -0.3 is 20.1 Å². The summed E-state index contributed by atoms with van der Waals surface area (Å²) in [6.07, 6.45) is 0. The third kappa shape index (κ3) is 4.27. The number of rotatable bonds is 8. The molecule has 4 N–H and O–H groups in total. The first-order valence-corrected chi connectivity index (χ1v) is 8.78. The van der Waals surface area contributed by atoms with Crippen LogP contribution in [-0.4, -0.2) is 32.7 Å². The molecule has 0 radical (unpaired) electrons. The Labute approximate surface area is 157 Å². The topological polar surface area (TPSA) is 102 Å². The Morgan fingerprint density at radius 2 is 1.96 bits per heavy atom. The van der Waals surface area contributed by atoms with Gasteiger partial charge in [0.2, 0.25) is 5.91 Å². The van der Waals surface area contributed by atoms with E-state index in [9.17, 15) is 9.90 Å². The Hall–Kier alpha value is -2.90. The van der Waals surface area contributed by atoms with E-state index in [0.717, 1.165) is 16.8 Å². The minimum Gasteiger partial charge on any atom is -0.457 e. The molecule has 0 spiro atoms. The molecule has 0 unspecified atom stereocenters. The molecule has 142 valence electrons. The number of para-hydroxylation sites is 1. The first-order valence-electron chi connectivity index (χ1n) is 8.78. The number of imidazole rings is 1. The molecular weight excluding hydrogens is 344 g/mol. The molecule has 0 saturated heterocycles. The average Bonchev–Trinajstić information content (AvgIpc) is 2.98. The van der Waals surface area contributed by atoms with Gasteiger partial charge in [0.15, 0.2) is 0 Å². The zero-order valence-electron chi connectivity index (χ0n) is 15.5. The number of aliphatic hydroxyl groups is 1. The number of nitrogens with one attached hydrogen (secondary N) is 1. The number of amides is 1. The molecule has 7 nitrogen and oxygen atoms in total. The van der Waals surface area contributed by atoms with Crippen molar-refractivity contribution in [3.8, 4) is 11.5 Å². The molecule has 0 atom stereocenters. The SMILES string of the molecule is CC(C)(NCc1nc2ccc(Oc3ccccc3)cc2n1CCO)C(N)=O. The van der Waals surface area contributed by atoms with Gasteiger partial charge >= 0.3 is 0 Å². The molecule has 0 aliphatic rings. The van der Waals surface area contributed by atoms with Gasteiger partial charge in [0, 0.05) is 12.6 Å². The Kier molecular flexibility index (Phi) is 5.43. The number of nitrogens with two attached hydrogens (primary N) is 1. The Bertz CT molecular complexity index is 935. The smallest absolute Gasteiger partial charge is 0.237 e. The van der Waals surface area contributed by atoms with Gasteiger partial charge in [-0.2, -0.15) is 0 Å². The van der Waals surface area contributed by atoms with E-state index < -0.39 is 11.4 Å². The summed E-state index contributed by atoms with van der Waals surface area (Å²) in [6.45, 7) is 4.15. The van der Waals surface area contributed by atoms with Gasteiger partial charge in [-0.15, -0.1) is 0 Å². The van der Waals surface area contributed by atoms with Gasteiger partial charge in [-0.25, -0.2) is 4.98 Å². The van der Waals surface area contributed by atoms with Crippen LogP contribution in [0, 0.1) is 0 Å². The molecule has 0 fully saturated rings. The van der Waals surface area contributed by atoms with Crippen LogP contribution in [0.4, 0.5) is 0 Å². The lowest BCUT2D eigenvalue weighted by molar-refractivity contribution is -0.123. The van der Waals surface area contributed by atoms with Gasteiger partial charge in [-0.05, 0) is 38.1 Å². The van der Waals surface area contributed by atoms with E-state index in [0.29, 0.717) is 24.7 Å². The summed E-state index contributed by atoms with van der Waals surface area (Å²) in [6, 6.07) is 15.2. The molecule has 2 aromatic carbocycles. The average molecular weight is 368 g/mol. The first kappa shape index (κ1) is 18.9. The van der Waals surface area contributed by atoms with E-state index in [-0.39, 0.29) is 6.61 Å². The van der Waals surface area contributed by atoms with Crippen LogP contribution in [-0.2, 0) is 17.9 Å². The Morgan fingerprint density at radius 3 is 2.63 bits per heavy atom. The molecule has 0 aliphatic heterocycles. The van der Waals surface area contributed by atoms with Gasteiger partial charge in [-0.3, -0.25) is 10.1 Å². The highest BCUT2D eigenvalue weighted by molar-refractivity contribution is 5.83. The molecule has 3 rings (SSSR count). The lowest BCUT2D eigenvalue weighted by Crippen LogP contribution is -2.50. The fraction of sp³-hybridized carbons (Fsp3) is 0.300. The minimum absolute atomic E-state index is 0.0263. The Morgan fingerprint density at radius 1 is 1.22 bits per heavy atom. The van der Waals surface area contributed by atoms with Crippen LogP contribution in [0.15, 0.2) is 48.5 Å². The molecule has 1 amide bonds. The third-order valence-electron chi connectivity index (χ3n) is 4.41. The molecule has 3 aromatic rings. The van der Waals surface area contributed by atoms with Crippen molar-refractivity contribution in [1.29, 1.82) is 0 Å². The second-order valence-corrected chi connectivity index (χ2v) is 6.81. The van der Waals surface area contributed by atoms with Crippen molar-refractivity contribution in [3.63, 3.8) is 0 Å². The zero-order valence-corrected chi connectivity index (χ0v) is 15.5. The van der Waals surface area contributed by atoms with E-state index in [4.69, 9.17) is 10.5 Å². The van der Waals surface area contributed by atoms with E-state index in [2.05, 4.69) is 10.3 Å². The number of carbonyl (C=O) groups excluding carboxylic acids is 1. The summed E-state index contributed by atoms with van der Waals surface area (Å²) in [5.74, 6) is 1.70. The van der Waals surface area contributed by atoms with Crippen LogP contribution in [0.1, 0.15) is 19.7 Å². The van der Waals surface area contributed by atoms with Gasteiger partial charge in [0.25, 0.3) is 0 Å². The largest absolute Gasteiger partial charge is 0.457 e. The maximum atomic E-state index is 11.5. The fourth-order valence-electron chi connectivity index (χ4n) is 2.71. The van der Waals surface area contributed by atoms with Crippen molar-refractivity contribution in [3.05, 3.63) is 54.4 Å². The lowest BCUT2D eigenvalue weighted by Gasteiger charge is -2.22. The molecule has 0 saturated carbocycles. The maximum absolute atomic E-state index is 11.5. The minimum atomic E-state index is -0.857. The molecule has 0 bridgehead atoms. The first-order chi connectivity index (χ1) is 12.9. The summed E-state index contributed by atoms with van der Waals surface area (Å²) in [4.78, 5) is 16.1. The number of aliphatic hydroxyl groups excluding tert-OH is 1. The van der Waals surface area contributed by atoms with Crippen molar-refractivity contribution in [2.75, 3.05) is 6.61 Å². The standard InChI is InChI=1S/C20H24N4O3/c1-20(2,19(21)26)22-13-18-23-16-9-8-15(12-17(16)24(18)10-11-25)27-14-6-4-3-5-7-14/h3-9,12,22,25H,10-11,13H2,1-2H3,(H2,21,26). The van der Waals surface area contributed by atoms with E-state index >= 15 is 0 Å². The molecule has 27 heavy (non-hydrogen) atoms. The van der Waals surface area contributed by atoms with Crippen molar-refractivity contribution >= 4 is 16.9 Å². The summed E-state index contributed by atoms with van der Waals surface area (Å²) in [7, 11) is 0. The van der Waals surface area contributed by atoms with Gasteiger partial charge in [0.1, 0.15) is 17.3 Å². The van der Waals surface area contributed by atoms with E-state index in [1.165, 1.54) is 0 Å². The van der Waals surface area contributed by atoms with Crippen molar-refractivity contribution in [2.45, 2.75) is 32.5 Å². The number of benzene rings is 2. The number of carbonyl (C=O) groups is 1. The van der Waals surface area contributed by atoms with Gasteiger partial charge in [0.05, 0.1) is 29.7 Å². The van der Waals surface area contributed by atoms with Gasteiger partial charge in [-0.1, -0.05) is 18.2 Å². The number of ether oxygens (including phenoxy) is 1. The molecule has 7 heteroatoms. The Balaban J connectivity index is 1.91. The summed E-state index contributed by atoms with van der Waals surface area (Å²) >= 11 is 0. The van der Waals surface area contributed by atoms with Crippen LogP contribution in [0.25, 0.3) is 11.0 Å². The van der Waals surface area contributed by atoms with Crippen molar-refractivity contribution < 1.29 is 14.6 Å². The highest BCUT2D eigenvalue weighted by Gasteiger charge is 2.25. The second kappa shape index (κ2) is 7.77. The number of fused-ring (bicyclic) bond motifs is 1. The normalized spacial score (nSPS) is 11.7. The van der Waals surface area contributed by atoms with Crippen LogP contribution < -0.4 is 15.8 Å². The fourth-order valence-corrected chi connectivity index (χ4v) is 2.71. The number of nitrogens with zero attached hydrogens (tertiary/aromatic N) is 2. The monoisotopic (exact) mass is 368 g/mol. The summed E-state index contributed by atoms with van der Waals surface area (Å²) in [5.41, 5.74) is 6.20. The summed E-state index contributed by atoms with van der Waals surface area (Å²) < 4.78 is 7.81. The van der Waals surface area contributed by atoms with Crippen molar-refractivity contribution in [2.24, 2.45) is 5.73 Å². The van der Waals surface area contributed by atoms with Crippen LogP contribution in [0.3, 0.4) is 0 Å². The lowest BCUT2D eigenvalue weighted by atomic mass is 10.1.